The van der Waals surface area contributed by atoms with Gasteiger partial charge in [0.05, 0.1) is 12.5 Å². The summed E-state index contributed by atoms with van der Waals surface area (Å²) in [5.74, 6) is -14.5. The van der Waals surface area contributed by atoms with Crippen molar-refractivity contribution in [2.45, 2.75) is 19.1 Å². The van der Waals surface area contributed by atoms with Gasteiger partial charge in [0.1, 0.15) is 6.61 Å². The summed E-state index contributed by atoms with van der Waals surface area (Å²) in [7, 11) is 0. The fourth-order valence-electron chi connectivity index (χ4n) is 2.84. The number of benzene rings is 3. The van der Waals surface area contributed by atoms with Crippen LogP contribution in [-0.2, 0) is 16.1 Å². The first-order valence-corrected chi connectivity index (χ1v) is 9.52. The standard InChI is InChI=1S/C23H16F5NO4/c24-17-18(25)20(27)22(21(28)19(17)26)33-16(30)11-15(14-9-5-2-6-10-14)29-23(31)32-12-13-7-3-1-4-8-13/h1-10,15H,11-12H2,(H,29,31)/t15-/m1/s1. The predicted octanol–water partition coefficient (Wildman–Crippen LogP) is 5.35. The zero-order chi connectivity index (χ0) is 24.0. The van der Waals surface area contributed by atoms with E-state index >= 15 is 0 Å². The van der Waals surface area contributed by atoms with Crippen molar-refractivity contribution in [2.75, 3.05) is 0 Å². The van der Waals surface area contributed by atoms with Gasteiger partial charge in [0.2, 0.25) is 34.8 Å². The van der Waals surface area contributed by atoms with Gasteiger partial charge < -0.3 is 14.8 Å². The summed E-state index contributed by atoms with van der Waals surface area (Å²) in [5, 5.41) is 2.42. The lowest BCUT2D eigenvalue weighted by Gasteiger charge is -2.19. The van der Waals surface area contributed by atoms with E-state index in [0.29, 0.717) is 11.1 Å². The van der Waals surface area contributed by atoms with Crippen molar-refractivity contribution >= 4 is 12.1 Å². The third kappa shape index (κ3) is 5.85. The Morgan fingerprint density at radius 1 is 0.758 bits per heavy atom. The van der Waals surface area contributed by atoms with Gasteiger partial charge in [-0.2, -0.15) is 8.78 Å². The van der Waals surface area contributed by atoms with Crippen LogP contribution in [0.3, 0.4) is 0 Å². The lowest BCUT2D eigenvalue weighted by atomic mass is 10.0. The van der Waals surface area contributed by atoms with E-state index in [0.717, 1.165) is 0 Å². The van der Waals surface area contributed by atoms with Crippen LogP contribution in [0.5, 0.6) is 5.75 Å². The summed E-state index contributed by atoms with van der Waals surface area (Å²) >= 11 is 0. The second-order valence-corrected chi connectivity index (χ2v) is 6.75. The van der Waals surface area contributed by atoms with E-state index < -0.39 is 59.4 Å². The molecule has 33 heavy (non-hydrogen) atoms. The van der Waals surface area contributed by atoms with Crippen molar-refractivity contribution in [3.05, 3.63) is 101 Å². The summed E-state index contributed by atoms with van der Waals surface area (Å²) in [6.45, 7) is -0.0663. The number of ether oxygens (including phenoxy) is 2. The average Bonchev–Trinajstić information content (AvgIpc) is 2.83. The SMILES string of the molecule is O=C(C[C@@H](NC(=O)OCc1ccccc1)c1ccccc1)Oc1c(F)c(F)c(F)c(F)c1F. The molecule has 172 valence electrons. The molecule has 0 aliphatic heterocycles. The van der Waals surface area contributed by atoms with E-state index in [-0.39, 0.29) is 6.61 Å². The van der Waals surface area contributed by atoms with Gasteiger partial charge in [0.25, 0.3) is 0 Å². The maximum atomic E-state index is 13.8. The lowest BCUT2D eigenvalue weighted by Crippen LogP contribution is -2.31. The quantitative estimate of drug-likeness (QED) is 0.168. The number of esters is 1. The molecule has 0 saturated carbocycles. The van der Waals surface area contributed by atoms with Gasteiger partial charge in [0.15, 0.2) is 0 Å². The van der Waals surface area contributed by atoms with Gasteiger partial charge in [-0.3, -0.25) is 4.79 Å². The van der Waals surface area contributed by atoms with Crippen LogP contribution in [0.4, 0.5) is 26.7 Å². The smallest absolute Gasteiger partial charge is 0.407 e. The van der Waals surface area contributed by atoms with Crippen molar-refractivity contribution in [3.8, 4) is 5.75 Å². The normalized spacial score (nSPS) is 11.5. The minimum Gasteiger partial charge on any atom is -0.445 e. The number of hydrogen-bond acceptors (Lipinski definition) is 4. The number of halogens is 5. The molecule has 10 heteroatoms. The second kappa shape index (κ2) is 10.6. The van der Waals surface area contributed by atoms with Gasteiger partial charge >= 0.3 is 12.1 Å². The van der Waals surface area contributed by atoms with Crippen molar-refractivity contribution in [3.63, 3.8) is 0 Å². The highest BCUT2D eigenvalue weighted by atomic mass is 19.2. The minimum atomic E-state index is -2.38. The minimum absolute atomic E-state index is 0.0663. The number of carbonyl (C=O) groups is 2. The molecule has 3 aromatic rings. The number of amides is 1. The monoisotopic (exact) mass is 465 g/mol. The molecule has 0 bridgehead atoms. The van der Waals surface area contributed by atoms with Crippen LogP contribution in [0.15, 0.2) is 60.7 Å². The fraction of sp³-hybridized carbons (Fsp3) is 0.130. The first-order chi connectivity index (χ1) is 15.8. The predicted molar refractivity (Wildman–Crippen MR) is 105 cm³/mol. The summed E-state index contributed by atoms with van der Waals surface area (Å²) < 4.78 is 77.0. The average molecular weight is 465 g/mol. The van der Waals surface area contributed by atoms with Crippen LogP contribution >= 0.6 is 0 Å². The highest BCUT2D eigenvalue weighted by molar-refractivity contribution is 5.75. The number of carbonyl (C=O) groups excluding carboxylic acids is 2. The van der Waals surface area contributed by atoms with E-state index in [1.807, 2.05) is 0 Å². The molecular formula is C23H16F5NO4. The molecule has 0 fully saturated rings. The van der Waals surface area contributed by atoms with Gasteiger partial charge in [-0.05, 0) is 11.1 Å². The molecule has 0 aliphatic carbocycles. The Hall–Kier alpha value is -3.95. The third-order valence-electron chi connectivity index (χ3n) is 4.46. The molecule has 1 N–H and O–H groups in total. The Morgan fingerprint density at radius 2 is 1.27 bits per heavy atom. The molecule has 0 aliphatic rings. The van der Waals surface area contributed by atoms with Crippen LogP contribution in [0.2, 0.25) is 0 Å². The van der Waals surface area contributed by atoms with Gasteiger partial charge in [0, 0.05) is 0 Å². The van der Waals surface area contributed by atoms with E-state index in [4.69, 9.17) is 4.74 Å². The first-order valence-electron chi connectivity index (χ1n) is 9.52. The molecule has 1 amide bonds. The van der Waals surface area contributed by atoms with Gasteiger partial charge in [-0.1, -0.05) is 60.7 Å². The Balaban J connectivity index is 1.73. The summed E-state index contributed by atoms with van der Waals surface area (Å²) in [5.41, 5.74) is 1.11. The zero-order valence-corrected chi connectivity index (χ0v) is 16.8. The van der Waals surface area contributed by atoms with Crippen molar-refractivity contribution in [2.24, 2.45) is 0 Å². The molecule has 1 atom stereocenters. The molecule has 0 saturated heterocycles. The molecular weight excluding hydrogens is 449 g/mol. The Morgan fingerprint density at radius 3 is 1.85 bits per heavy atom. The highest BCUT2D eigenvalue weighted by Gasteiger charge is 2.29. The highest BCUT2D eigenvalue weighted by Crippen LogP contribution is 2.30. The largest absolute Gasteiger partial charge is 0.445 e. The van der Waals surface area contributed by atoms with E-state index in [9.17, 15) is 31.5 Å². The molecule has 3 rings (SSSR count). The maximum absolute atomic E-state index is 13.8. The van der Waals surface area contributed by atoms with Crippen molar-refractivity contribution in [1.82, 2.24) is 5.32 Å². The number of hydrogen-bond donors (Lipinski definition) is 1. The molecule has 0 unspecified atom stereocenters. The molecule has 0 heterocycles. The van der Waals surface area contributed by atoms with Crippen LogP contribution in [0.25, 0.3) is 0 Å². The Kier molecular flexibility index (Phi) is 7.60. The molecule has 0 aromatic heterocycles. The fourth-order valence-corrected chi connectivity index (χ4v) is 2.84. The van der Waals surface area contributed by atoms with Gasteiger partial charge in [-0.25, -0.2) is 18.0 Å². The first kappa shape index (κ1) is 23.7. The number of nitrogens with one attached hydrogen (secondary N) is 1. The van der Waals surface area contributed by atoms with Crippen molar-refractivity contribution in [1.29, 1.82) is 0 Å². The van der Waals surface area contributed by atoms with E-state index in [1.165, 1.54) is 0 Å². The maximum Gasteiger partial charge on any atom is 0.407 e. The Labute approximate surface area is 184 Å². The summed E-state index contributed by atoms with van der Waals surface area (Å²) in [6.07, 6.45) is -1.60. The van der Waals surface area contributed by atoms with E-state index in [1.54, 1.807) is 60.7 Å². The van der Waals surface area contributed by atoms with E-state index in [2.05, 4.69) is 10.1 Å². The van der Waals surface area contributed by atoms with Crippen LogP contribution < -0.4 is 10.1 Å². The van der Waals surface area contributed by atoms with Crippen LogP contribution in [0, 0.1) is 29.1 Å². The molecule has 0 radical (unpaired) electrons. The van der Waals surface area contributed by atoms with Gasteiger partial charge in [-0.15, -0.1) is 0 Å². The second-order valence-electron chi connectivity index (χ2n) is 6.75. The molecule has 3 aromatic carbocycles. The van der Waals surface area contributed by atoms with Crippen LogP contribution in [-0.4, -0.2) is 12.1 Å². The molecule has 0 spiro atoms. The topological polar surface area (TPSA) is 64.6 Å². The number of rotatable bonds is 7. The zero-order valence-electron chi connectivity index (χ0n) is 16.8. The van der Waals surface area contributed by atoms with Crippen LogP contribution in [0.1, 0.15) is 23.6 Å². The summed E-state index contributed by atoms with van der Waals surface area (Å²) in [6, 6.07) is 15.6. The lowest BCUT2D eigenvalue weighted by molar-refractivity contribution is -0.135. The summed E-state index contributed by atoms with van der Waals surface area (Å²) in [4.78, 5) is 24.5. The third-order valence-corrected chi connectivity index (χ3v) is 4.46. The Bertz CT molecular complexity index is 1110. The number of alkyl carbamates (subject to hydrolysis) is 1. The molecule has 5 nitrogen and oxygen atoms in total. The van der Waals surface area contributed by atoms with Crippen molar-refractivity contribution < 1.29 is 41.0 Å².